The number of hydrogen-bond donors (Lipinski definition) is 1. The van der Waals surface area contributed by atoms with E-state index in [-0.39, 0.29) is 0 Å². The third-order valence-corrected chi connectivity index (χ3v) is 5.04. The quantitative estimate of drug-likeness (QED) is 0.905. The summed E-state index contributed by atoms with van der Waals surface area (Å²) in [7, 11) is 2.08. The van der Waals surface area contributed by atoms with E-state index in [1.807, 2.05) is 0 Å². The van der Waals surface area contributed by atoms with E-state index in [0.717, 1.165) is 24.9 Å². The highest BCUT2D eigenvalue weighted by molar-refractivity contribution is 9.10. The predicted octanol–water partition coefficient (Wildman–Crippen LogP) is 3.16. The molecule has 0 aliphatic heterocycles. The molecule has 18 heavy (non-hydrogen) atoms. The lowest BCUT2D eigenvalue weighted by atomic mass is 10.0. The zero-order valence-corrected chi connectivity index (χ0v) is 13.3. The van der Waals surface area contributed by atoms with Crippen LogP contribution in [0.25, 0.3) is 0 Å². The van der Waals surface area contributed by atoms with Crippen molar-refractivity contribution in [3.05, 3.63) is 15.9 Å². The lowest BCUT2D eigenvalue weighted by molar-refractivity contribution is 0.485. The number of aromatic nitrogens is 2. The Bertz CT molecular complexity index is 400. The Balaban J connectivity index is 2.11. The highest BCUT2D eigenvalue weighted by Crippen LogP contribution is 2.32. The van der Waals surface area contributed by atoms with Crippen LogP contribution in [0.1, 0.15) is 44.5 Å². The summed E-state index contributed by atoms with van der Waals surface area (Å²) in [4.78, 5) is 0. The average molecular weight is 314 g/mol. The van der Waals surface area contributed by atoms with Crippen molar-refractivity contribution >= 4 is 15.9 Å². The fourth-order valence-electron chi connectivity index (χ4n) is 3.01. The van der Waals surface area contributed by atoms with E-state index in [9.17, 15) is 0 Å². The van der Waals surface area contributed by atoms with E-state index < -0.39 is 0 Å². The fraction of sp³-hybridized carbons (Fsp3) is 0.786. The minimum absolute atomic E-state index is 0.720. The first kappa shape index (κ1) is 14.1. The van der Waals surface area contributed by atoms with E-state index in [2.05, 4.69) is 51.9 Å². The number of nitrogens with zero attached hydrogens (tertiary/aromatic N) is 2. The molecule has 2 atom stereocenters. The Morgan fingerprint density at radius 3 is 2.72 bits per heavy atom. The van der Waals surface area contributed by atoms with Crippen LogP contribution >= 0.6 is 15.9 Å². The van der Waals surface area contributed by atoms with Gasteiger partial charge in [-0.15, -0.1) is 0 Å². The van der Waals surface area contributed by atoms with Gasteiger partial charge in [-0.05, 0) is 67.9 Å². The van der Waals surface area contributed by atoms with Gasteiger partial charge >= 0.3 is 0 Å². The smallest absolute Gasteiger partial charge is 0.0766 e. The van der Waals surface area contributed by atoms with Gasteiger partial charge in [-0.25, -0.2) is 0 Å². The van der Waals surface area contributed by atoms with E-state index in [1.54, 1.807) is 0 Å². The maximum atomic E-state index is 4.68. The molecule has 2 rings (SSSR count). The summed E-state index contributed by atoms with van der Waals surface area (Å²) < 4.78 is 3.43. The molecule has 2 unspecified atom stereocenters. The van der Waals surface area contributed by atoms with Crippen molar-refractivity contribution in [1.29, 1.82) is 0 Å². The van der Waals surface area contributed by atoms with Crippen molar-refractivity contribution in [2.24, 2.45) is 5.92 Å². The molecular formula is C14H24BrN3. The Morgan fingerprint density at radius 1 is 1.39 bits per heavy atom. The molecule has 0 saturated heterocycles. The average Bonchev–Trinajstić information content (AvgIpc) is 2.96. The molecule has 1 fully saturated rings. The molecule has 1 aromatic heterocycles. The standard InChI is InChI=1S/C14H24BrN3/c1-4-12-14(15)13(18(5-2)17-12)9-10-6-7-11(8-10)16-3/h10-11,16H,4-9H2,1-3H3. The summed E-state index contributed by atoms with van der Waals surface area (Å²) in [6.45, 7) is 5.31. The highest BCUT2D eigenvalue weighted by Gasteiger charge is 2.26. The van der Waals surface area contributed by atoms with Crippen molar-refractivity contribution in [3.63, 3.8) is 0 Å². The summed E-state index contributed by atoms with van der Waals surface area (Å²) in [5.41, 5.74) is 2.60. The summed E-state index contributed by atoms with van der Waals surface area (Å²) in [6, 6.07) is 0.720. The maximum Gasteiger partial charge on any atom is 0.0766 e. The second-order valence-electron chi connectivity index (χ2n) is 5.25. The molecule has 0 aromatic carbocycles. The van der Waals surface area contributed by atoms with Gasteiger partial charge < -0.3 is 5.32 Å². The third kappa shape index (κ3) is 2.80. The van der Waals surface area contributed by atoms with E-state index in [1.165, 1.54) is 41.5 Å². The predicted molar refractivity (Wildman–Crippen MR) is 78.9 cm³/mol. The lowest BCUT2D eigenvalue weighted by Crippen LogP contribution is -2.21. The van der Waals surface area contributed by atoms with Crippen LogP contribution in [0.2, 0.25) is 0 Å². The molecule has 1 aliphatic carbocycles. The summed E-state index contributed by atoms with van der Waals surface area (Å²) in [5, 5.41) is 8.09. The first-order valence-electron chi connectivity index (χ1n) is 7.10. The van der Waals surface area contributed by atoms with E-state index >= 15 is 0 Å². The van der Waals surface area contributed by atoms with Crippen LogP contribution < -0.4 is 5.32 Å². The number of halogens is 1. The molecule has 0 bridgehead atoms. The second kappa shape index (κ2) is 6.20. The van der Waals surface area contributed by atoms with Gasteiger partial charge in [0.25, 0.3) is 0 Å². The molecule has 0 radical (unpaired) electrons. The Hall–Kier alpha value is -0.350. The van der Waals surface area contributed by atoms with Gasteiger partial charge in [-0.1, -0.05) is 6.92 Å². The van der Waals surface area contributed by atoms with Gasteiger partial charge in [0.15, 0.2) is 0 Å². The van der Waals surface area contributed by atoms with Crippen LogP contribution in [-0.4, -0.2) is 22.9 Å². The van der Waals surface area contributed by atoms with Crippen LogP contribution in [0, 0.1) is 5.92 Å². The van der Waals surface area contributed by atoms with Crippen molar-refractivity contribution in [3.8, 4) is 0 Å². The molecule has 0 amide bonds. The molecule has 0 spiro atoms. The third-order valence-electron chi connectivity index (χ3n) is 4.13. The van der Waals surface area contributed by atoms with Crippen LogP contribution in [0.5, 0.6) is 0 Å². The molecule has 1 heterocycles. The van der Waals surface area contributed by atoms with Gasteiger partial charge in [-0.2, -0.15) is 5.10 Å². The first-order valence-corrected chi connectivity index (χ1v) is 7.90. The number of nitrogens with one attached hydrogen (secondary N) is 1. The van der Waals surface area contributed by atoms with Gasteiger partial charge in [-0.3, -0.25) is 4.68 Å². The van der Waals surface area contributed by atoms with Gasteiger partial charge in [0.2, 0.25) is 0 Å². The Kier molecular flexibility index (Phi) is 4.84. The van der Waals surface area contributed by atoms with E-state index in [4.69, 9.17) is 0 Å². The molecule has 102 valence electrons. The zero-order valence-electron chi connectivity index (χ0n) is 11.7. The minimum Gasteiger partial charge on any atom is -0.317 e. The summed E-state index contributed by atoms with van der Waals surface area (Å²) in [6.07, 6.45) is 6.14. The van der Waals surface area contributed by atoms with E-state index in [0.29, 0.717) is 0 Å². The molecule has 1 aliphatic rings. The molecule has 4 heteroatoms. The van der Waals surface area contributed by atoms with Crippen LogP contribution in [0.4, 0.5) is 0 Å². The minimum atomic E-state index is 0.720. The van der Waals surface area contributed by atoms with Crippen molar-refractivity contribution in [2.45, 2.75) is 58.5 Å². The van der Waals surface area contributed by atoms with Crippen LogP contribution in [0.3, 0.4) is 0 Å². The monoisotopic (exact) mass is 313 g/mol. The maximum absolute atomic E-state index is 4.68. The summed E-state index contributed by atoms with van der Waals surface area (Å²) >= 11 is 3.74. The van der Waals surface area contributed by atoms with Crippen LogP contribution in [-0.2, 0) is 19.4 Å². The first-order chi connectivity index (χ1) is 8.69. The number of rotatable bonds is 5. The summed E-state index contributed by atoms with van der Waals surface area (Å²) in [5.74, 6) is 0.811. The van der Waals surface area contributed by atoms with Crippen molar-refractivity contribution in [2.75, 3.05) is 7.05 Å². The largest absolute Gasteiger partial charge is 0.317 e. The van der Waals surface area contributed by atoms with Gasteiger partial charge in [0.1, 0.15) is 0 Å². The molecular weight excluding hydrogens is 290 g/mol. The lowest BCUT2D eigenvalue weighted by Gasteiger charge is -2.12. The van der Waals surface area contributed by atoms with Crippen LogP contribution in [0.15, 0.2) is 4.47 Å². The fourth-order valence-corrected chi connectivity index (χ4v) is 3.73. The SMILES string of the molecule is CCc1nn(CC)c(CC2CCC(NC)C2)c1Br. The Labute approximate surface area is 118 Å². The Morgan fingerprint density at radius 2 is 2.17 bits per heavy atom. The number of aryl methyl sites for hydroxylation is 2. The van der Waals surface area contributed by atoms with Crippen molar-refractivity contribution < 1.29 is 0 Å². The van der Waals surface area contributed by atoms with Gasteiger partial charge in [0.05, 0.1) is 15.9 Å². The molecule has 1 aromatic rings. The molecule has 1 N–H and O–H groups in total. The molecule has 1 saturated carbocycles. The topological polar surface area (TPSA) is 29.9 Å². The number of hydrogen-bond acceptors (Lipinski definition) is 2. The zero-order chi connectivity index (χ0) is 13.1. The highest BCUT2D eigenvalue weighted by atomic mass is 79.9. The second-order valence-corrected chi connectivity index (χ2v) is 6.04. The van der Waals surface area contributed by atoms with Gasteiger partial charge in [0, 0.05) is 12.6 Å². The van der Waals surface area contributed by atoms with Crippen molar-refractivity contribution in [1.82, 2.24) is 15.1 Å². The molecule has 3 nitrogen and oxygen atoms in total. The normalized spacial score (nSPS) is 23.8.